The second-order valence-electron chi connectivity index (χ2n) is 6.69. The zero-order valence-electron chi connectivity index (χ0n) is 15.7. The number of rotatable bonds is 9. The van der Waals surface area contributed by atoms with Crippen molar-refractivity contribution < 1.29 is 30.3 Å². The third-order valence-electron chi connectivity index (χ3n) is 4.65. The first-order valence-corrected chi connectivity index (χ1v) is 9.12. The lowest BCUT2D eigenvalue weighted by Gasteiger charge is -2.26. The van der Waals surface area contributed by atoms with Crippen LogP contribution in [0.25, 0.3) is 11.1 Å². The summed E-state index contributed by atoms with van der Waals surface area (Å²) in [5, 5.41) is 51.0. The van der Waals surface area contributed by atoms with E-state index in [1.54, 1.807) is 37.4 Å². The zero-order valence-corrected chi connectivity index (χ0v) is 15.7. The molecule has 4 atom stereocenters. The molecule has 1 amide bonds. The van der Waals surface area contributed by atoms with Crippen LogP contribution in [0.2, 0.25) is 0 Å². The van der Waals surface area contributed by atoms with Gasteiger partial charge in [-0.15, -0.1) is 0 Å². The highest BCUT2D eigenvalue weighted by molar-refractivity contribution is 5.95. The van der Waals surface area contributed by atoms with Crippen molar-refractivity contribution in [2.45, 2.75) is 37.3 Å². The molecule has 7 heteroatoms. The standard InChI is InChI=1S/C21H27NO6/c1-22-21(28)16-4-2-3-15(12-16)14-7-5-13(6-8-14)11-18(25)20(27)19(26)17(24)9-10-23/h2-8,12,17-20,23-27H,9-11H2,1H3,(H,22,28). The Hall–Kier alpha value is -2.29. The molecule has 7 nitrogen and oxygen atoms in total. The fraction of sp³-hybridized carbons (Fsp3) is 0.381. The van der Waals surface area contributed by atoms with E-state index in [-0.39, 0.29) is 25.4 Å². The number of amides is 1. The number of hydrogen-bond donors (Lipinski definition) is 6. The first-order chi connectivity index (χ1) is 13.4. The Morgan fingerprint density at radius 3 is 2.18 bits per heavy atom. The molecule has 0 heterocycles. The molecule has 2 aromatic rings. The average molecular weight is 389 g/mol. The number of benzene rings is 2. The molecular weight excluding hydrogens is 362 g/mol. The van der Waals surface area contributed by atoms with Gasteiger partial charge in [-0.1, -0.05) is 36.4 Å². The van der Waals surface area contributed by atoms with Crippen LogP contribution in [0, 0.1) is 0 Å². The number of carbonyl (C=O) groups excluding carboxylic acids is 1. The van der Waals surface area contributed by atoms with Gasteiger partial charge in [0.1, 0.15) is 12.2 Å². The van der Waals surface area contributed by atoms with Crippen LogP contribution < -0.4 is 5.32 Å². The molecule has 0 bridgehead atoms. The fourth-order valence-corrected chi connectivity index (χ4v) is 2.94. The second kappa shape index (κ2) is 10.3. The average Bonchev–Trinajstić information content (AvgIpc) is 2.72. The Kier molecular flexibility index (Phi) is 8.10. The molecule has 0 aliphatic carbocycles. The predicted octanol–water partition coefficient (Wildman–Crippen LogP) is 0.0817. The van der Waals surface area contributed by atoms with Crippen LogP contribution in [0.3, 0.4) is 0 Å². The minimum Gasteiger partial charge on any atom is -0.396 e. The van der Waals surface area contributed by atoms with Crippen molar-refractivity contribution in [3.8, 4) is 11.1 Å². The maximum absolute atomic E-state index is 11.8. The topological polar surface area (TPSA) is 130 Å². The number of hydrogen-bond acceptors (Lipinski definition) is 6. The SMILES string of the molecule is CNC(=O)c1cccc(-c2ccc(CC(O)C(O)C(O)C(O)CCO)cc2)c1. The summed E-state index contributed by atoms with van der Waals surface area (Å²) >= 11 is 0. The maximum Gasteiger partial charge on any atom is 0.251 e. The van der Waals surface area contributed by atoms with Crippen molar-refractivity contribution in [1.29, 1.82) is 0 Å². The van der Waals surface area contributed by atoms with E-state index in [9.17, 15) is 25.2 Å². The summed E-state index contributed by atoms with van der Waals surface area (Å²) in [4.78, 5) is 11.8. The Morgan fingerprint density at radius 2 is 1.57 bits per heavy atom. The highest BCUT2D eigenvalue weighted by Crippen LogP contribution is 2.22. The Labute approximate surface area is 163 Å². The quantitative estimate of drug-likeness (QED) is 0.360. The van der Waals surface area contributed by atoms with E-state index >= 15 is 0 Å². The van der Waals surface area contributed by atoms with E-state index in [4.69, 9.17) is 5.11 Å². The van der Waals surface area contributed by atoms with E-state index in [1.165, 1.54) is 0 Å². The molecule has 2 aromatic carbocycles. The minimum atomic E-state index is -1.55. The maximum atomic E-state index is 11.8. The van der Waals surface area contributed by atoms with Gasteiger partial charge in [-0.25, -0.2) is 0 Å². The van der Waals surface area contributed by atoms with Gasteiger partial charge in [0.2, 0.25) is 0 Å². The van der Waals surface area contributed by atoms with E-state index in [1.807, 2.05) is 18.2 Å². The van der Waals surface area contributed by atoms with Crippen molar-refractivity contribution in [3.05, 3.63) is 59.7 Å². The third-order valence-corrected chi connectivity index (χ3v) is 4.65. The predicted molar refractivity (Wildman–Crippen MR) is 105 cm³/mol. The van der Waals surface area contributed by atoms with Crippen molar-refractivity contribution >= 4 is 5.91 Å². The molecule has 0 fully saturated rings. The van der Waals surface area contributed by atoms with E-state index in [0.717, 1.165) is 16.7 Å². The van der Waals surface area contributed by atoms with Gasteiger partial charge in [0.15, 0.2) is 0 Å². The van der Waals surface area contributed by atoms with Crippen LogP contribution >= 0.6 is 0 Å². The summed E-state index contributed by atoms with van der Waals surface area (Å²) in [7, 11) is 1.57. The molecule has 0 saturated heterocycles. The minimum absolute atomic E-state index is 0.0859. The molecule has 0 aliphatic rings. The van der Waals surface area contributed by atoms with E-state index in [0.29, 0.717) is 5.56 Å². The van der Waals surface area contributed by atoms with Gasteiger partial charge >= 0.3 is 0 Å². The van der Waals surface area contributed by atoms with Crippen molar-refractivity contribution in [3.63, 3.8) is 0 Å². The number of carbonyl (C=O) groups is 1. The molecule has 0 spiro atoms. The first-order valence-electron chi connectivity index (χ1n) is 9.12. The lowest BCUT2D eigenvalue weighted by atomic mass is 9.95. The molecular formula is C21H27NO6. The lowest BCUT2D eigenvalue weighted by molar-refractivity contribution is -0.108. The Bertz CT molecular complexity index is 764. The lowest BCUT2D eigenvalue weighted by Crippen LogP contribution is -2.45. The highest BCUT2D eigenvalue weighted by Gasteiger charge is 2.30. The second-order valence-corrected chi connectivity index (χ2v) is 6.69. The van der Waals surface area contributed by atoms with E-state index < -0.39 is 24.4 Å². The van der Waals surface area contributed by atoms with Crippen molar-refractivity contribution in [2.75, 3.05) is 13.7 Å². The monoisotopic (exact) mass is 389 g/mol. The van der Waals surface area contributed by atoms with Gasteiger partial charge in [0.05, 0.1) is 12.2 Å². The van der Waals surface area contributed by atoms with Crippen LogP contribution in [-0.2, 0) is 6.42 Å². The van der Waals surface area contributed by atoms with Crippen molar-refractivity contribution in [2.24, 2.45) is 0 Å². The van der Waals surface area contributed by atoms with Crippen LogP contribution in [0.4, 0.5) is 0 Å². The zero-order chi connectivity index (χ0) is 20.7. The molecule has 6 N–H and O–H groups in total. The molecule has 2 rings (SSSR count). The summed E-state index contributed by atoms with van der Waals surface area (Å²) in [6.07, 6.45) is -5.67. The summed E-state index contributed by atoms with van der Waals surface area (Å²) in [6.45, 7) is -0.330. The number of nitrogens with one attached hydrogen (secondary N) is 1. The van der Waals surface area contributed by atoms with Gasteiger partial charge < -0.3 is 30.8 Å². The first kappa shape index (κ1) is 22.0. The van der Waals surface area contributed by atoms with Gasteiger partial charge in [-0.2, -0.15) is 0 Å². The summed E-state index contributed by atoms with van der Waals surface area (Å²) < 4.78 is 0. The largest absolute Gasteiger partial charge is 0.396 e. The molecule has 0 aliphatic heterocycles. The summed E-state index contributed by atoms with van der Waals surface area (Å²) in [6, 6.07) is 14.5. The smallest absolute Gasteiger partial charge is 0.251 e. The summed E-state index contributed by atoms with van der Waals surface area (Å²) in [5.41, 5.74) is 3.05. The number of aliphatic hydroxyl groups is 5. The highest BCUT2D eigenvalue weighted by atomic mass is 16.4. The molecule has 0 aromatic heterocycles. The van der Waals surface area contributed by atoms with Crippen LogP contribution in [0.15, 0.2) is 48.5 Å². The van der Waals surface area contributed by atoms with E-state index in [2.05, 4.69) is 5.32 Å². The molecule has 152 valence electrons. The summed E-state index contributed by atoms with van der Waals surface area (Å²) in [5.74, 6) is -0.169. The van der Waals surface area contributed by atoms with Crippen LogP contribution in [0.5, 0.6) is 0 Å². The van der Waals surface area contributed by atoms with Crippen LogP contribution in [0.1, 0.15) is 22.3 Å². The Morgan fingerprint density at radius 1 is 0.929 bits per heavy atom. The normalized spacial score (nSPS) is 15.5. The van der Waals surface area contributed by atoms with Gasteiger partial charge in [0.25, 0.3) is 5.91 Å². The van der Waals surface area contributed by atoms with Gasteiger partial charge in [0, 0.05) is 25.6 Å². The number of aliphatic hydroxyl groups excluding tert-OH is 5. The molecule has 4 unspecified atom stereocenters. The van der Waals surface area contributed by atoms with Crippen LogP contribution in [-0.4, -0.2) is 69.5 Å². The van der Waals surface area contributed by atoms with Gasteiger partial charge in [-0.3, -0.25) is 4.79 Å². The van der Waals surface area contributed by atoms with Crippen molar-refractivity contribution in [1.82, 2.24) is 5.32 Å². The molecule has 0 saturated carbocycles. The Balaban J connectivity index is 2.05. The molecule has 28 heavy (non-hydrogen) atoms. The third kappa shape index (κ3) is 5.60. The molecule has 0 radical (unpaired) electrons. The fourth-order valence-electron chi connectivity index (χ4n) is 2.94. The van der Waals surface area contributed by atoms with Gasteiger partial charge in [-0.05, 0) is 35.2 Å².